The number of hydrogen-bond acceptors (Lipinski definition) is 7. The third-order valence-electron chi connectivity index (χ3n) is 5.82. The van der Waals surface area contributed by atoms with Crippen LogP contribution in [0, 0.1) is 6.92 Å². The summed E-state index contributed by atoms with van der Waals surface area (Å²) in [5.41, 5.74) is 1.95. The third kappa shape index (κ3) is 6.39. The highest BCUT2D eigenvalue weighted by Crippen LogP contribution is 2.29. The van der Waals surface area contributed by atoms with Gasteiger partial charge in [0.05, 0.1) is 18.6 Å². The van der Waals surface area contributed by atoms with Gasteiger partial charge in [-0.15, -0.1) is 11.3 Å². The van der Waals surface area contributed by atoms with E-state index in [1.165, 1.54) is 30.6 Å². The molecule has 1 aromatic heterocycles. The molecule has 198 valence electrons. The van der Waals surface area contributed by atoms with Crippen molar-refractivity contribution in [2.24, 2.45) is 0 Å². The molecule has 1 heterocycles. The lowest BCUT2D eigenvalue weighted by Crippen LogP contribution is -2.45. The molecule has 0 spiro atoms. The highest BCUT2D eigenvalue weighted by Gasteiger charge is 2.27. The topological polar surface area (TPSA) is 111 Å². The van der Waals surface area contributed by atoms with Crippen LogP contribution in [0.3, 0.4) is 0 Å². The molecule has 0 aliphatic rings. The molecule has 0 aliphatic carbocycles. The number of sulfonamides is 1. The average Bonchev–Trinajstić information content (AvgIpc) is 3.33. The number of ether oxygens (including phenoxy) is 2. The van der Waals surface area contributed by atoms with E-state index in [-0.39, 0.29) is 11.3 Å². The van der Waals surface area contributed by atoms with Crippen LogP contribution in [-0.2, 0) is 26.0 Å². The predicted molar refractivity (Wildman–Crippen MR) is 148 cm³/mol. The molecule has 0 saturated heterocycles. The smallest absolute Gasteiger partial charge is 0.348 e. The van der Waals surface area contributed by atoms with Gasteiger partial charge in [-0.05, 0) is 79.2 Å². The van der Waals surface area contributed by atoms with Crippen molar-refractivity contribution in [1.29, 1.82) is 0 Å². The summed E-state index contributed by atoms with van der Waals surface area (Å²) in [7, 11) is -2.71. The van der Waals surface area contributed by atoms with E-state index < -0.39 is 27.9 Å². The van der Waals surface area contributed by atoms with E-state index in [2.05, 4.69) is 10.0 Å². The molecule has 8 nitrogen and oxygen atoms in total. The standard InChI is InChI=1S/C28H28N2O6S2/c1-4-36-24-12-11-22(14-18(24)2)38(33,34)30-23(15-19-8-6-5-7-9-19)27(31)29-21-10-13-25-20(16-21)17-26(37-25)28(32)35-3/h5-14,16-17,23,30H,4,15H2,1-3H3,(H,29,31)/t23-/m1/s1. The number of amides is 1. The second-order valence-electron chi connectivity index (χ2n) is 8.57. The summed E-state index contributed by atoms with van der Waals surface area (Å²) in [5.74, 6) is -0.342. The van der Waals surface area contributed by atoms with Crippen molar-refractivity contribution in [2.45, 2.75) is 31.2 Å². The molecule has 38 heavy (non-hydrogen) atoms. The van der Waals surface area contributed by atoms with Gasteiger partial charge in [-0.2, -0.15) is 4.72 Å². The number of methoxy groups -OCH3 is 1. The van der Waals surface area contributed by atoms with Crippen molar-refractivity contribution in [1.82, 2.24) is 4.72 Å². The maximum absolute atomic E-state index is 13.4. The molecular formula is C28H28N2O6S2. The van der Waals surface area contributed by atoms with Crippen molar-refractivity contribution in [3.05, 3.63) is 88.8 Å². The number of nitrogens with one attached hydrogen (secondary N) is 2. The summed E-state index contributed by atoms with van der Waals surface area (Å²) in [5, 5.41) is 3.58. The molecule has 1 amide bonds. The molecule has 0 fully saturated rings. The van der Waals surface area contributed by atoms with Crippen LogP contribution in [0.4, 0.5) is 5.69 Å². The molecule has 10 heteroatoms. The van der Waals surface area contributed by atoms with Crippen LogP contribution < -0.4 is 14.8 Å². The van der Waals surface area contributed by atoms with Crippen LogP contribution in [0.1, 0.15) is 27.7 Å². The molecule has 0 aliphatic heterocycles. The lowest BCUT2D eigenvalue weighted by atomic mass is 10.1. The number of fused-ring (bicyclic) bond motifs is 1. The van der Waals surface area contributed by atoms with E-state index in [4.69, 9.17) is 9.47 Å². The minimum atomic E-state index is -4.03. The van der Waals surface area contributed by atoms with Gasteiger partial charge in [0.15, 0.2) is 0 Å². The van der Waals surface area contributed by atoms with Crippen molar-refractivity contribution >= 4 is 49.0 Å². The minimum Gasteiger partial charge on any atom is -0.494 e. The number of anilines is 1. The number of thiophene rings is 1. The molecule has 4 rings (SSSR count). The molecule has 2 N–H and O–H groups in total. The van der Waals surface area contributed by atoms with Crippen LogP contribution >= 0.6 is 11.3 Å². The van der Waals surface area contributed by atoms with Gasteiger partial charge in [-0.3, -0.25) is 4.79 Å². The Labute approximate surface area is 225 Å². The van der Waals surface area contributed by atoms with Crippen LogP contribution in [0.15, 0.2) is 77.7 Å². The number of hydrogen-bond donors (Lipinski definition) is 2. The maximum atomic E-state index is 13.4. The maximum Gasteiger partial charge on any atom is 0.348 e. The van der Waals surface area contributed by atoms with Gasteiger partial charge in [-0.25, -0.2) is 13.2 Å². The zero-order chi connectivity index (χ0) is 27.3. The molecule has 0 bridgehead atoms. The second-order valence-corrected chi connectivity index (χ2v) is 11.4. The molecule has 0 saturated carbocycles. The summed E-state index contributed by atoms with van der Waals surface area (Å²) >= 11 is 1.29. The van der Waals surface area contributed by atoms with Gasteiger partial charge >= 0.3 is 5.97 Å². The Morgan fingerprint density at radius 1 is 1.00 bits per heavy atom. The Morgan fingerprint density at radius 3 is 2.45 bits per heavy atom. The average molecular weight is 553 g/mol. The number of carbonyl (C=O) groups excluding carboxylic acids is 2. The van der Waals surface area contributed by atoms with Crippen molar-refractivity contribution in [3.63, 3.8) is 0 Å². The lowest BCUT2D eigenvalue weighted by molar-refractivity contribution is -0.117. The number of carbonyl (C=O) groups is 2. The fourth-order valence-corrected chi connectivity index (χ4v) is 6.19. The van der Waals surface area contributed by atoms with E-state index in [1.54, 1.807) is 37.3 Å². The summed E-state index contributed by atoms with van der Waals surface area (Å²) in [6.45, 7) is 4.09. The summed E-state index contributed by atoms with van der Waals surface area (Å²) in [4.78, 5) is 25.8. The Balaban J connectivity index is 1.59. The minimum absolute atomic E-state index is 0.0411. The molecule has 0 radical (unpaired) electrons. The summed E-state index contributed by atoms with van der Waals surface area (Å²) in [6.07, 6.45) is 0.148. The van der Waals surface area contributed by atoms with Gasteiger partial charge in [0.25, 0.3) is 0 Å². The highest BCUT2D eigenvalue weighted by atomic mass is 32.2. The van der Waals surface area contributed by atoms with E-state index >= 15 is 0 Å². The fourth-order valence-electron chi connectivity index (χ4n) is 3.95. The molecule has 0 unspecified atom stereocenters. The quantitative estimate of drug-likeness (QED) is 0.270. The Bertz CT molecular complexity index is 1570. The first-order valence-electron chi connectivity index (χ1n) is 11.9. The zero-order valence-electron chi connectivity index (χ0n) is 21.2. The number of aryl methyl sites for hydroxylation is 1. The Kier molecular flexibility index (Phi) is 8.45. The van der Waals surface area contributed by atoms with Gasteiger partial charge in [0.2, 0.25) is 15.9 Å². The predicted octanol–water partition coefficient (Wildman–Crippen LogP) is 4.92. The Morgan fingerprint density at radius 2 is 1.76 bits per heavy atom. The van der Waals surface area contributed by atoms with Crippen molar-refractivity contribution in [2.75, 3.05) is 19.0 Å². The molecule has 3 aromatic carbocycles. The first-order valence-corrected chi connectivity index (χ1v) is 14.2. The first-order chi connectivity index (χ1) is 18.2. The van der Waals surface area contributed by atoms with E-state index in [1.807, 2.05) is 37.3 Å². The monoisotopic (exact) mass is 552 g/mol. The second kappa shape index (κ2) is 11.8. The first kappa shape index (κ1) is 27.3. The van der Waals surface area contributed by atoms with Gasteiger partial charge in [0, 0.05) is 10.4 Å². The van der Waals surface area contributed by atoms with Gasteiger partial charge in [0.1, 0.15) is 16.7 Å². The zero-order valence-corrected chi connectivity index (χ0v) is 22.8. The number of rotatable bonds is 10. The Hall–Kier alpha value is -3.73. The SMILES string of the molecule is CCOc1ccc(S(=O)(=O)N[C@H](Cc2ccccc2)C(=O)Nc2ccc3sc(C(=O)OC)cc3c2)cc1C. The third-order valence-corrected chi connectivity index (χ3v) is 8.39. The van der Waals surface area contributed by atoms with Crippen molar-refractivity contribution in [3.8, 4) is 5.75 Å². The van der Waals surface area contributed by atoms with Crippen LogP contribution in [0.25, 0.3) is 10.1 Å². The van der Waals surface area contributed by atoms with E-state index in [9.17, 15) is 18.0 Å². The molecular weight excluding hydrogens is 524 g/mol. The largest absolute Gasteiger partial charge is 0.494 e. The fraction of sp³-hybridized carbons (Fsp3) is 0.214. The highest BCUT2D eigenvalue weighted by molar-refractivity contribution is 7.89. The molecule has 1 atom stereocenters. The van der Waals surface area contributed by atoms with E-state index in [0.717, 1.165) is 15.6 Å². The van der Waals surface area contributed by atoms with Crippen molar-refractivity contribution < 1.29 is 27.5 Å². The number of esters is 1. The molecule has 4 aromatic rings. The van der Waals surface area contributed by atoms with Gasteiger partial charge < -0.3 is 14.8 Å². The lowest BCUT2D eigenvalue weighted by Gasteiger charge is -2.19. The van der Waals surface area contributed by atoms with Crippen LogP contribution in [0.2, 0.25) is 0 Å². The normalized spacial score (nSPS) is 12.2. The van der Waals surface area contributed by atoms with E-state index in [0.29, 0.717) is 28.5 Å². The van der Waals surface area contributed by atoms with Gasteiger partial charge in [-0.1, -0.05) is 30.3 Å². The summed E-state index contributed by atoms with van der Waals surface area (Å²) in [6, 6.07) is 19.6. The van der Waals surface area contributed by atoms with Crippen LogP contribution in [-0.4, -0.2) is 40.1 Å². The number of benzene rings is 3. The summed E-state index contributed by atoms with van der Waals surface area (Å²) < 4.78 is 40.4. The van der Waals surface area contributed by atoms with Crippen LogP contribution in [0.5, 0.6) is 5.75 Å².